The highest BCUT2D eigenvalue weighted by Crippen LogP contribution is 2.05. The van der Waals surface area contributed by atoms with Crippen LogP contribution in [0.1, 0.15) is 18.9 Å². The topological polar surface area (TPSA) is 78.6 Å². The third kappa shape index (κ3) is 4.97. The maximum Gasteiger partial charge on any atom is 0.516 e. The Morgan fingerprint density at radius 1 is 1.28 bits per heavy atom. The predicted molar refractivity (Wildman–Crippen MR) is 65.9 cm³/mol. The van der Waals surface area contributed by atoms with Crippen molar-refractivity contribution in [3.8, 4) is 0 Å². The number of esters is 1. The number of benzene rings is 1. The van der Waals surface area contributed by atoms with E-state index in [-0.39, 0.29) is 6.61 Å². The summed E-state index contributed by atoms with van der Waals surface area (Å²) in [7, 11) is 0. The average molecular weight is 251 g/mol. The molecule has 0 aliphatic carbocycles. The molecule has 2 N–H and O–H groups in total. The molecule has 0 unspecified atom stereocenters. The minimum absolute atomic E-state index is 0.158. The molecule has 0 heterocycles. The van der Waals surface area contributed by atoms with Gasteiger partial charge in [-0.1, -0.05) is 30.3 Å². The maximum absolute atomic E-state index is 11.4. The van der Waals surface area contributed by atoms with Crippen LogP contribution in [0.4, 0.5) is 4.79 Å². The summed E-state index contributed by atoms with van der Waals surface area (Å²) in [5.41, 5.74) is 6.71. The van der Waals surface area contributed by atoms with Gasteiger partial charge in [-0.05, 0) is 25.3 Å². The van der Waals surface area contributed by atoms with Crippen LogP contribution in [-0.2, 0) is 20.7 Å². The molecule has 1 rings (SSSR count). The van der Waals surface area contributed by atoms with Gasteiger partial charge in [0.1, 0.15) is 6.04 Å². The molecule has 1 aromatic carbocycles. The van der Waals surface area contributed by atoms with E-state index in [2.05, 4.69) is 9.47 Å². The second-order valence-electron chi connectivity index (χ2n) is 3.73. The fraction of sp³-hybridized carbons (Fsp3) is 0.385. The Morgan fingerprint density at radius 2 is 1.94 bits per heavy atom. The third-order valence-electron chi connectivity index (χ3n) is 2.34. The van der Waals surface area contributed by atoms with E-state index in [1.165, 1.54) is 0 Å². The molecule has 98 valence electrons. The first-order chi connectivity index (χ1) is 8.63. The quantitative estimate of drug-likeness (QED) is 0.635. The molecule has 0 radical (unpaired) electrons. The molecule has 0 aromatic heterocycles. The zero-order valence-corrected chi connectivity index (χ0v) is 10.3. The SMILES string of the molecule is CCOC(=O)OC(=O)[C@H](N)CCc1ccccc1. The van der Waals surface area contributed by atoms with Crippen LogP contribution in [-0.4, -0.2) is 24.8 Å². The first kappa shape index (κ1) is 14.2. The number of carbonyl (C=O) groups is 2. The lowest BCUT2D eigenvalue weighted by atomic mass is 10.1. The Morgan fingerprint density at radius 3 is 2.56 bits per heavy atom. The van der Waals surface area contributed by atoms with Gasteiger partial charge in [0, 0.05) is 0 Å². The van der Waals surface area contributed by atoms with Crippen molar-refractivity contribution in [1.29, 1.82) is 0 Å². The van der Waals surface area contributed by atoms with Crippen molar-refractivity contribution in [3.05, 3.63) is 35.9 Å². The molecule has 0 fully saturated rings. The summed E-state index contributed by atoms with van der Waals surface area (Å²) >= 11 is 0. The van der Waals surface area contributed by atoms with Gasteiger partial charge in [-0.2, -0.15) is 0 Å². The molecule has 1 atom stereocenters. The fourth-order valence-corrected chi connectivity index (χ4v) is 1.39. The van der Waals surface area contributed by atoms with Crippen LogP contribution in [0, 0.1) is 0 Å². The summed E-state index contributed by atoms with van der Waals surface area (Å²) in [6.45, 7) is 1.78. The lowest BCUT2D eigenvalue weighted by Crippen LogP contribution is -2.34. The molecule has 0 spiro atoms. The van der Waals surface area contributed by atoms with Crippen LogP contribution in [0.2, 0.25) is 0 Å². The maximum atomic E-state index is 11.4. The van der Waals surface area contributed by atoms with Crippen LogP contribution in [0.5, 0.6) is 0 Å². The second kappa shape index (κ2) is 7.45. The van der Waals surface area contributed by atoms with E-state index in [4.69, 9.17) is 5.73 Å². The van der Waals surface area contributed by atoms with Crippen molar-refractivity contribution in [2.75, 3.05) is 6.61 Å². The highest BCUT2D eigenvalue weighted by atomic mass is 16.7. The number of nitrogens with two attached hydrogens (primary N) is 1. The van der Waals surface area contributed by atoms with E-state index in [9.17, 15) is 9.59 Å². The van der Waals surface area contributed by atoms with E-state index in [1.807, 2.05) is 30.3 Å². The summed E-state index contributed by atoms with van der Waals surface area (Å²) in [5, 5.41) is 0. The van der Waals surface area contributed by atoms with Crippen LogP contribution in [0.25, 0.3) is 0 Å². The number of hydrogen-bond donors (Lipinski definition) is 1. The van der Waals surface area contributed by atoms with E-state index >= 15 is 0 Å². The molecular formula is C13H17NO4. The van der Waals surface area contributed by atoms with Crippen molar-refractivity contribution < 1.29 is 19.1 Å². The van der Waals surface area contributed by atoms with Crippen LogP contribution in [0.3, 0.4) is 0 Å². The van der Waals surface area contributed by atoms with Gasteiger partial charge in [-0.25, -0.2) is 9.59 Å². The summed E-state index contributed by atoms with van der Waals surface area (Å²) in [4.78, 5) is 22.3. The van der Waals surface area contributed by atoms with Crippen molar-refractivity contribution in [1.82, 2.24) is 0 Å². The summed E-state index contributed by atoms with van der Waals surface area (Å²) in [5.74, 6) is -0.760. The smallest absolute Gasteiger partial charge is 0.434 e. The highest BCUT2D eigenvalue weighted by Gasteiger charge is 2.19. The zero-order valence-electron chi connectivity index (χ0n) is 10.3. The van der Waals surface area contributed by atoms with E-state index in [0.717, 1.165) is 5.56 Å². The summed E-state index contributed by atoms with van der Waals surface area (Å²) in [6.07, 6.45) is 0.0694. The molecule has 0 bridgehead atoms. The third-order valence-corrected chi connectivity index (χ3v) is 2.34. The van der Waals surface area contributed by atoms with Crippen LogP contribution >= 0.6 is 0 Å². The van der Waals surface area contributed by atoms with Crippen molar-refractivity contribution >= 4 is 12.1 Å². The Labute approximate surface area is 106 Å². The van der Waals surface area contributed by atoms with Crippen molar-refractivity contribution in [3.63, 3.8) is 0 Å². The lowest BCUT2D eigenvalue weighted by molar-refractivity contribution is -0.141. The largest absolute Gasteiger partial charge is 0.516 e. The Hall–Kier alpha value is -1.88. The van der Waals surface area contributed by atoms with Gasteiger partial charge in [0.25, 0.3) is 0 Å². The van der Waals surface area contributed by atoms with E-state index in [0.29, 0.717) is 12.8 Å². The number of ether oxygens (including phenoxy) is 2. The number of rotatable bonds is 5. The Kier molecular flexibility index (Phi) is 5.87. The normalized spacial score (nSPS) is 11.7. The average Bonchev–Trinajstić information content (AvgIpc) is 2.37. The highest BCUT2D eigenvalue weighted by molar-refractivity contribution is 5.85. The molecular weight excluding hydrogens is 234 g/mol. The number of aryl methyl sites for hydroxylation is 1. The molecule has 5 heteroatoms. The van der Waals surface area contributed by atoms with E-state index < -0.39 is 18.2 Å². The van der Waals surface area contributed by atoms with Gasteiger partial charge < -0.3 is 15.2 Å². The summed E-state index contributed by atoms with van der Waals surface area (Å²) in [6, 6.07) is 8.82. The fourth-order valence-electron chi connectivity index (χ4n) is 1.39. The first-order valence-electron chi connectivity index (χ1n) is 5.81. The number of carbonyl (C=O) groups excluding carboxylic acids is 2. The molecule has 5 nitrogen and oxygen atoms in total. The van der Waals surface area contributed by atoms with Crippen LogP contribution < -0.4 is 5.73 Å². The minimum atomic E-state index is -1.00. The zero-order chi connectivity index (χ0) is 13.4. The Balaban J connectivity index is 2.34. The summed E-state index contributed by atoms with van der Waals surface area (Å²) < 4.78 is 8.90. The van der Waals surface area contributed by atoms with Crippen molar-refractivity contribution in [2.24, 2.45) is 5.73 Å². The van der Waals surface area contributed by atoms with Crippen LogP contribution in [0.15, 0.2) is 30.3 Å². The van der Waals surface area contributed by atoms with E-state index in [1.54, 1.807) is 6.92 Å². The van der Waals surface area contributed by atoms with Gasteiger partial charge in [0.2, 0.25) is 0 Å². The molecule has 18 heavy (non-hydrogen) atoms. The number of hydrogen-bond acceptors (Lipinski definition) is 5. The first-order valence-corrected chi connectivity index (χ1v) is 5.81. The monoisotopic (exact) mass is 251 g/mol. The molecule has 0 saturated carbocycles. The van der Waals surface area contributed by atoms with Gasteiger partial charge in [-0.15, -0.1) is 0 Å². The minimum Gasteiger partial charge on any atom is -0.434 e. The van der Waals surface area contributed by atoms with Gasteiger partial charge in [0.15, 0.2) is 0 Å². The van der Waals surface area contributed by atoms with Gasteiger partial charge >= 0.3 is 12.1 Å². The standard InChI is InChI=1S/C13H17NO4/c1-2-17-13(16)18-12(15)11(14)9-8-10-6-4-3-5-7-10/h3-7,11H,2,8-9,14H2,1H3/t11-/m1/s1. The van der Waals surface area contributed by atoms with Crippen molar-refractivity contribution in [2.45, 2.75) is 25.8 Å². The molecule has 0 aliphatic rings. The van der Waals surface area contributed by atoms with Gasteiger partial charge in [-0.3, -0.25) is 0 Å². The predicted octanol–water partition coefficient (Wildman–Crippen LogP) is 1.65. The molecule has 0 amide bonds. The molecule has 0 saturated heterocycles. The second-order valence-corrected chi connectivity index (χ2v) is 3.73. The molecule has 0 aliphatic heterocycles. The Bertz CT molecular complexity index is 391. The molecule has 1 aromatic rings. The van der Waals surface area contributed by atoms with Gasteiger partial charge in [0.05, 0.1) is 6.61 Å². The lowest BCUT2D eigenvalue weighted by Gasteiger charge is -2.09.